The zero-order valence-electron chi connectivity index (χ0n) is 9.36. The molecule has 1 heterocycles. The highest BCUT2D eigenvalue weighted by molar-refractivity contribution is 5.94. The molecule has 0 fully saturated rings. The van der Waals surface area contributed by atoms with E-state index in [1.54, 1.807) is 19.2 Å². The van der Waals surface area contributed by atoms with E-state index in [4.69, 9.17) is 4.74 Å². The van der Waals surface area contributed by atoms with E-state index in [1.807, 2.05) is 25.1 Å². The normalized spacial score (nSPS) is 10.4. The smallest absolute Gasteiger partial charge is 0.356 e. The Morgan fingerprint density at radius 1 is 1.44 bits per heavy atom. The Morgan fingerprint density at radius 2 is 2.25 bits per heavy atom. The molecule has 0 unspecified atom stereocenters. The van der Waals surface area contributed by atoms with E-state index in [2.05, 4.69) is 4.98 Å². The maximum absolute atomic E-state index is 11.5. The topological polar surface area (TPSA) is 39.2 Å². The molecule has 0 saturated carbocycles. The van der Waals surface area contributed by atoms with Crippen molar-refractivity contribution in [2.75, 3.05) is 6.61 Å². The molecule has 16 heavy (non-hydrogen) atoms. The predicted molar refractivity (Wildman–Crippen MR) is 62.4 cm³/mol. The van der Waals surface area contributed by atoms with Crippen molar-refractivity contribution in [3.05, 3.63) is 41.7 Å². The molecule has 0 amide bonds. The van der Waals surface area contributed by atoms with Crippen LogP contribution in [0.4, 0.5) is 0 Å². The third-order valence-electron chi connectivity index (χ3n) is 2.47. The predicted octanol–water partition coefficient (Wildman–Crippen LogP) is 2.72. The third-order valence-corrected chi connectivity index (χ3v) is 2.47. The first-order valence-electron chi connectivity index (χ1n) is 5.25. The molecule has 2 rings (SSSR count). The van der Waals surface area contributed by atoms with Crippen LogP contribution in [0.15, 0.2) is 30.5 Å². The second-order valence-electron chi connectivity index (χ2n) is 3.59. The van der Waals surface area contributed by atoms with Crippen LogP contribution < -0.4 is 0 Å². The number of ether oxygens (including phenoxy) is 1. The molecule has 0 aliphatic carbocycles. The Labute approximate surface area is 94.1 Å². The number of esters is 1. The van der Waals surface area contributed by atoms with Gasteiger partial charge in [-0.15, -0.1) is 0 Å². The van der Waals surface area contributed by atoms with E-state index in [-0.39, 0.29) is 5.97 Å². The summed E-state index contributed by atoms with van der Waals surface area (Å²) in [6, 6.07) is 7.74. The molecule has 82 valence electrons. The Balaban J connectivity index is 2.51. The average Bonchev–Trinajstić information content (AvgIpc) is 2.29. The number of pyridine rings is 1. The standard InChI is InChI=1S/C13H13NO2/c1-3-16-13(15)12-7-11-9(2)5-4-6-10(11)8-14-12/h4-8H,3H2,1-2H3. The number of nitrogens with zero attached hydrogens (tertiary/aromatic N) is 1. The largest absolute Gasteiger partial charge is 0.461 e. The second-order valence-corrected chi connectivity index (χ2v) is 3.59. The van der Waals surface area contributed by atoms with Gasteiger partial charge in [0.2, 0.25) is 0 Å². The first-order chi connectivity index (χ1) is 7.72. The van der Waals surface area contributed by atoms with Gasteiger partial charge in [-0.25, -0.2) is 9.78 Å². The van der Waals surface area contributed by atoms with Crippen LogP contribution in [-0.4, -0.2) is 17.6 Å². The molecule has 1 aromatic heterocycles. The van der Waals surface area contributed by atoms with Crippen molar-refractivity contribution in [2.45, 2.75) is 13.8 Å². The SMILES string of the molecule is CCOC(=O)c1cc2c(C)cccc2cn1. The van der Waals surface area contributed by atoms with E-state index >= 15 is 0 Å². The Kier molecular flexibility index (Phi) is 2.86. The Morgan fingerprint density at radius 3 is 3.00 bits per heavy atom. The van der Waals surface area contributed by atoms with E-state index in [9.17, 15) is 4.79 Å². The highest BCUT2D eigenvalue weighted by Gasteiger charge is 2.09. The summed E-state index contributed by atoms with van der Waals surface area (Å²) in [4.78, 5) is 15.6. The van der Waals surface area contributed by atoms with E-state index in [0.717, 1.165) is 16.3 Å². The monoisotopic (exact) mass is 215 g/mol. The molecule has 0 radical (unpaired) electrons. The molecule has 0 bridgehead atoms. The van der Waals surface area contributed by atoms with Gasteiger partial charge in [-0.1, -0.05) is 18.2 Å². The molecule has 0 spiro atoms. The van der Waals surface area contributed by atoms with Crippen LogP contribution in [0.25, 0.3) is 10.8 Å². The number of carbonyl (C=O) groups is 1. The number of aromatic nitrogens is 1. The molecular formula is C13H13NO2. The van der Waals surface area contributed by atoms with Crippen LogP contribution in [0.2, 0.25) is 0 Å². The lowest BCUT2D eigenvalue weighted by atomic mass is 10.1. The van der Waals surface area contributed by atoms with Crippen molar-refractivity contribution in [3.8, 4) is 0 Å². The number of hydrogen-bond acceptors (Lipinski definition) is 3. The van der Waals surface area contributed by atoms with Gasteiger partial charge in [0.05, 0.1) is 6.61 Å². The number of fused-ring (bicyclic) bond motifs is 1. The third kappa shape index (κ3) is 1.89. The minimum absolute atomic E-state index is 0.364. The van der Waals surface area contributed by atoms with Crippen LogP contribution in [0.1, 0.15) is 23.0 Å². The van der Waals surface area contributed by atoms with Crippen molar-refractivity contribution < 1.29 is 9.53 Å². The van der Waals surface area contributed by atoms with E-state index in [1.165, 1.54) is 0 Å². The van der Waals surface area contributed by atoms with Crippen LogP contribution in [0.5, 0.6) is 0 Å². The average molecular weight is 215 g/mol. The van der Waals surface area contributed by atoms with E-state index in [0.29, 0.717) is 12.3 Å². The lowest BCUT2D eigenvalue weighted by Gasteiger charge is -2.04. The van der Waals surface area contributed by atoms with Crippen molar-refractivity contribution in [1.82, 2.24) is 4.98 Å². The van der Waals surface area contributed by atoms with Gasteiger partial charge in [0.15, 0.2) is 0 Å². The zero-order valence-corrected chi connectivity index (χ0v) is 9.36. The summed E-state index contributed by atoms with van der Waals surface area (Å²) in [6.07, 6.45) is 1.70. The van der Waals surface area contributed by atoms with Crippen LogP contribution in [0, 0.1) is 6.92 Å². The van der Waals surface area contributed by atoms with Gasteiger partial charge in [0, 0.05) is 11.6 Å². The number of rotatable bonds is 2. The van der Waals surface area contributed by atoms with Crippen molar-refractivity contribution >= 4 is 16.7 Å². The number of benzene rings is 1. The molecular weight excluding hydrogens is 202 g/mol. The molecule has 0 saturated heterocycles. The second kappa shape index (κ2) is 4.31. The van der Waals surface area contributed by atoms with Crippen LogP contribution in [0.3, 0.4) is 0 Å². The summed E-state index contributed by atoms with van der Waals surface area (Å²) in [6.45, 7) is 4.16. The van der Waals surface area contributed by atoms with Gasteiger partial charge in [-0.3, -0.25) is 0 Å². The number of carbonyl (C=O) groups excluding carboxylic acids is 1. The fourth-order valence-corrected chi connectivity index (χ4v) is 1.64. The van der Waals surface area contributed by atoms with Crippen molar-refractivity contribution in [3.63, 3.8) is 0 Å². The molecule has 0 aliphatic rings. The summed E-state index contributed by atoms with van der Waals surface area (Å²) >= 11 is 0. The molecule has 0 atom stereocenters. The van der Waals surface area contributed by atoms with Crippen LogP contribution >= 0.6 is 0 Å². The zero-order chi connectivity index (χ0) is 11.5. The molecule has 0 aliphatic heterocycles. The van der Waals surface area contributed by atoms with Gasteiger partial charge in [-0.2, -0.15) is 0 Å². The maximum atomic E-state index is 11.5. The number of hydrogen-bond donors (Lipinski definition) is 0. The van der Waals surface area contributed by atoms with Gasteiger partial charge >= 0.3 is 5.97 Å². The highest BCUT2D eigenvalue weighted by Crippen LogP contribution is 2.18. The first-order valence-corrected chi connectivity index (χ1v) is 5.25. The van der Waals surface area contributed by atoms with Gasteiger partial charge in [-0.05, 0) is 30.9 Å². The van der Waals surface area contributed by atoms with Crippen LogP contribution in [-0.2, 0) is 4.74 Å². The highest BCUT2D eigenvalue weighted by atomic mass is 16.5. The summed E-state index contributed by atoms with van der Waals surface area (Å²) in [5.74, 6) is -0.368. The Bertz CT molecular complexity index is 534. The van der Waals surface area contributed by atoms with Gasteiger partial charge in [0.25, 0.3) is 0 Å². The lowest BCUT2D eigenvalue weighted by Crippen LogP contribution is -2.06. The quantitative estimate of drug-likeness (QED) is 0.723. The summed E-state index contributed by atoms with van der Waals surface area (Å²) in [5, 5.41) is 2.08. The minimum atomic E-state index is -0.368. The van der Waals surface area contributed by atoms with Crippen molar-refractivity contribution in [2.24, 2.45) is 0 Å². The minimum Gasteiger partial charge on any atom is -0.461 e. The molecule has 0 N–H and O–H groups in total. The maximum Gasteiger partial charge on any atom is 0.356 e. The number of aryl methyl sites for hydroxylation is 1. The fraction of sp³-hybridized carbons (Fsp3) is 0.231. The summed E-state index contributed by atoms with van der Waals surface area (Å²) in [7, 11) is 0. The molecule has 2 aromatic rings. The first kappa shape index (κ1) is 10.6. The van der Waals surface area contributed by atoms with Gasteiger partial charge in [0.1, 0.15) is 5.69 Å². The molecule has 3 nitrogen and oxygen atoms in total. The Hall–Kier alpha value is -1.90. The van der Waals surface area contributed by atoms with Crippen molar-refractivity contribution in [1.29, 1.82) is 0 Å². The summed E-state index contributed by atoms with van der Waals surface area (Å²) in [5.41, 5.74) is 1.49. The summed E-state index contributed by atoms with van der Waals surface area (Å²) < 4.78 is 4.92. The molecule has 1 aromatic carbocycles. The lowest BCUT2D eigenvalue weighted by molar-refractivity contribution is 0.0520. The van der Waals surface area contributed by atoms with Gasteiger partial charge < -0.3 is 4.74 Å². The molecule has 3 heteroatoms. The van der Waals surface area contributed by atoms with E-state index < -0.39 is 0 Å². The fourth-order valence-electron chi connectivity index (χ4n) is 1.64.